The highest BCUT2D eigenvalue weighted by atomic mass is 32.1. The van der Waals surface area contributed by atoms with Crippen LogP contribution in [0.4, 0.5) is 5.00 Å². The van der Waals surface area contributed by atoms with E-state index in [2.05, 4.69) is 20.2 Å². The molecule has 0 saturated carbocycles. The fraction of sp³-hybridized carbons (Fsp3) is 0.385. The standard InChI is InChI=1S/C13H14N4O2S2/c1-14-12(19)10-7-4-2-3-5-9(7)21-13(10)15-11(18)8-6-20-17-16-8/h6H,2-5H2,1H3,(H,14,19)(H,15,18). The zero-order valence-electron chi connectivity index (χ0n) is 11.4. The largest absolute Gasteiger partial charge is 0.355 e. The average Bonchev–Trinajstić information content (AvgIpc) is 3.13. The monoisotopic (exact) mass is 322 g/mol. The summed E-state index contributed by atoms with van der Waals surface area (Å²) in [6, 6.07) is 0. The summed E-state index contributed by atoms with van der Waals surface area (Å²) in [5, 5.41) is 11.4. The first-order valence-corrected chi connectivity index (χ1v) is 8.31. The Morgan fingerprint density at radius 2 is 2.05 bits per heavy atom. The van der Waals surface area contributed by atoms with Crippen molar-refractivity contribution in [2.24, 2.45) is 0 Å². The van der Waals surface area contributed by atoms with Crippen LogP contribution in [0.25, 0.3) is 0 Å². The van der Waals surface area contributed by atoms with Crippen LogP contribution >= 0.6 is 22.9 Å². The van der Waals surface area contributed by atoms with Crippen LogP contribution in [-0.4, -0.2) is 28.4 Å². The number of nitrogens with one attached hydrogen (secondary N) is 2. The van der Waals surface area contributed by atoms with Gasteiger partial charge in [0, 0.05) is 17.3 Å². The summed E-state index contributed by atoms with van der Waals surface area (Å²) in [5.74, 6) is -0.478. The number of rotatable bonds is 3. The van der Waals surface area contributed by atoms with Crippen LogP contribution in [0.5, 0.6) is 0 Å². The zero-order valence-corrected chi connectivity index (χ0v) is 13.1. The molecule has 0 unspecified atom stereocenters. The van der Waals surface area contributed by atoms with E-state index in [1.165, 1.54) is 16.2 Å². The molecule has 0 aromatic carbocycles. The molecule has 0 atom stereocenters. The highest BCUT2D eigenvalue weighted by Gasteiger charge is 2.26. The SMILES string of the molecule is CNC(=O)c1c(NC(=O)c2csnn2)sc2c1CCCC2. The van der Waals surface area contributed by atoms with E-state index in [1.807, 2.05) is 0 Å². The molecule has 0 fully saturated rings. The summed E-state index contributed by atoms with van der Waals surface area (Å²) in [6.45, 7) is 0. The molecule has 0 saturated heterocycles. The van der Waals surface area contributed by atoms with Crippen molar-refractivity contribution in [2.75, 3.05) is 12.4 Å². The maximum atomic E-state index is 12.2. The predicted octanol–water partition coefficient (Wildman–Crippen LogP) is 2.09. The van der Waals surface area contributed by atoms with Gasteiger partial charge in [0.2, 0.25) is 0 Å². The molecular formula is C13H14N4O2S2. The minimum absolute atomic E-state index is 0.152. The third kappa shape index (κ3) is 2.68. The molecule has 0 spiro atoms. The highest BCUT2D eigenvalue weighted by Crippen LogP contribution is 2.38. The number of hydrogen-bond acceptors (Lipinski definition) is 6. The minimum atomic E-state index is -0.326. The van der Waals surface area contributed by atoms with E-state index in [-0.39, 0.29) is 17.5 Å². The summed E-state index contributed by atoms with van der Waals surface area (Å²) in [4.78, 5) is 25.5. The number of thiophene rings is 1. The maximum absolute atomic E-state index is 12.2. The van der Waals surface area contributed by atoms with Gasteiger partial charge in [-0.2, -0.15) is 0 Å². The highest BCUT2D eigenvalue weighted by molar-refractivity contribution is 7.17. The van der Waals surface area contributed by atoms with E-state index >= 15 is 0 Å². The Balaban J connectivity index is 1.95. The molecule has 0 bridgehead atoms. The molecular weight excluding hydrogens is 308 g/mol. The Labute approximate surface area is 129 Å². The molecule has 2 aromatic heterocycles. The van der Waals surface area contributed by atoms with Crippen LogP contribution < -0.4 is 10.6 Å². The van der Waals surface area contributed by atoms with Gasteiger partial charge in [0.15, 0.2) is 5.69 Å². The van der Waals surface area contributed by atoms with Crippen molar-refractivity contribution in [1.82, 2.24) is 14.9 Å². The summed E-state index contributed by atoms with van der Waals surface area (Å²) in [5.41, 5.74) is 1.96. The Morgan fingerprint density at radius 1 is 1.24 bits per heavy atom. The van der Waals surface area contributed by atoms with Crippen molar-refractivity contribution in [3.05, 3.63) is 27.1 Å². The Bertz CT molecular complexity index is 679. The first kappa shape index (κ1) is 14.2. The van der Waals surface area contributed by atoms with Crippen LogP contribution in [-0.2, 0) is 12.8 Å². The molecule has 2 heterocycles. The van der Waals surface area contributed by atoms with Gasteiger partial charge in [-0.3, -0.25) is 9.59 Å². The zero-order chi connectivity index (χ0) is 14.8. The van der Waals surface area contributed by atoms with Crippen molar-refractivity contribution in [3.63, 3.8) is 0 Å². The molecule has 0 aliphatic heterocycles. The van der Waals surface area contributed by atoms with Crippen LogP contribution in [0.3, 0.4) is 0 Å². The number of carbonyl (C=O) groups is 2. The molecule has 3 rings (SSSR count). The molecule has 21 heavy (non-hydrogen) atoms. The molecule has 1 aliphatic rings. The third-order valence-electron chi connectivity index (χ3n) is 3.45. The number of anilines is 1. The molecule has 2 N–H and O–H groups in total. The smallest absolute Gasteiger partial charge is 0.277 e. The molecule has 8 heteroatoms. The number of carbonyl (C=O) groups excluding carboxylic acids is 2. The topological polar surface area (TPSA) is 84.0 Å². The molecule has 0 radical (unpaired) electrons. The first-order valence-electron chi connectivity index (χ1n) is 6.65. The van der Waals surface area contributed by atoms with Crippen LogP contribution in [0.1, 0.15) is 44.1 Å². The number of aromatic nitrogens is 2. The first-order chi connectivity index (χ1) is 10.2. The fourth-order valence-corrected chi connectivity index (χ4v) is 4.17. The number of fused-ring (bicyclic) bond motifs is 1. The van der Waals surface area contributed by atoms with Gasteiger partial charge in [-0.1, -0.05) is 4.49 Å². The van der Waals surface area contributed by atoms with Crippen LogP contribution in [0, 0.1) is 0 Å². The second-order valence-corrected chi connectivity index (χ2v) is 6.45. The third-order valence-corrected chi connectivity index (χ3v) is 5.16. The van der Waals surface area contributed by atoms with Gasteiger partial charge in [0.05, 0.1) is 5.56 Å². The number of nitrogens with zero attached hydrogens (tertiary/aromatic N) is 2. The second-order valence-electron chi connectivity index (χ2n) is 4.74. The van der Waals surface area contributed by atoms with E-state index < -0.39 is 0 Å². The van der Waals surface area contributed by atoms with Crippen molar-refractivity contribution < 1.29 is 9.59 Å². The Kier molecular flexibility index (Phi) is 3.98. The minimum Gasteiger partial charge on any atom is -0.355 e. The molecule has 110 valence electrons. The van der Waals surface area contributed by atoms with E-state index in [1.54, 1.807) is 12.4 Å². The van der Waals surface area contributed by atoms with E-state index in [4.69, 9.17) is 0 Å². The van der Waals surface area contributed by atoms with Crippen molar-refractivity contribution >= 4 is 39.7 Å². The lowest BCUT2D eigenvalue weighted by molar-refractivity contribution is 0.0963. The number of aryl methyl sites for hydroxylation is 1. The maximum Gasteiger partial charge on any atom is 0.277 e. The average molecular weight is 322 g/mol. The second kappa shape index (κ2) is 5.90. The van der Waals surface area contributed by atoms with Gasteiger partial charge in [0.25, 0.3) is 11.8 Å². The summed E-state index contributed by atoms with van der Waals surface area (Å²) < 4.78 is 3.68. The van der Waals surface area contributed by atoms with Crippen LogP contribution in [0.2, 0.25) is 0 Å². The predicted molar refractivity (Wildman–Crippen MR) is 82.2 cm³/mol. The molecule has 6 nitrogen and oxygen atoms in total. The van der Waals surface area contributed by atoms with Gasteiger partial charge < -0.3 is 10.6 Å². The lowest BCUT2D eigenvalue weighted by Gasteiger charge is -2.12. The van der Waals surface area contributed by atoms with E-state index in [9.17, 15) is 9.59 Å². The van der Waals surface area contributed by atoms with Gasteiger partial charge in [-0.05, 0) is 42.8 Å². The van der Waals surface area contributed by atoms with Gasteiger partial charge in [0.1, 0.15) is 5.00 Å². The van der Waals surface area contributed by atoms with E-state index in [0.29, 0.717) is 10.6 Å². The molecule has 2 aromatic rings. The van der Waals surface area contributed by atoms with E-state index in [0.717, 1.165) is 42.8 Å². The molecule has 2 amide bonds. The summed E-state index contributed by atoms with van der Waals surface area (Å²) in [7, 11) is 1.60. The summed E-state index contributed by atoms with van der Waals surface area (Å²) >= 11 is 2.62. The van der Waals surface area contributed by atoms with Crippen molar-refractivity contribution in [3.8, 4) is 0 Å². The van der Waals surface area contributed by atoms with Gasteiger partial charge >= 0.3 is 0 Å². The Morgan fingerprint density at radius 3 is 2.76 bits per heavy atom. The van der Waals surface area contributed by atoms with Crippen LogP contribution in [0.15, 0.2) is 5.38 Å². The van der Waals surface area contributed by atoms with Crippen molar-refractivity contribution in [2.45, 2.75) is 25.7 Å². The lowest BCUT2D eigenvalue weighted by atomic mass is 9.95. The quantitative estimate of drug-likeness (QED) is 0.906. The van der Waals surface area contributed by atoms with Gasteiger partial charge in [-0.15, -0.1) is 16.4 Å². The van der Waals surface area contributed by atoms with Gasteiger partial charge in [-0.25, -0.2) is 0 Å². The summed E-state index contributed by atoms with van der Waals surface area (Å²) in [6.07, 6.45) is 4.07. The fourth-order valence-electron chi connectivity index (χ4n) is 2.45. The lowest BCUT2D eigenvalue weighted by Crippen LogP contribution is -2.22. The Hall–Kier alpha value is -1.80. The normalized spacial score (nSPS) is 13.6. The number of hydrogen-bond donors (Lipinski definition) is 2. The molecule has 1 aliphatic carbocycles. The van der Waals surface area contributed by atoms with Crippen molar-refractivity contribution in [1.29, 1.82) is 0 Å². The number of amides is 2.